The molecule has 0 bridgehead atoms. The van der Waals surface area contributed by atoms with E-state index in [1.165, 1.54) is 5.56 Å². The van der Waals surface area contributed by atoms with E-state index < -0.39 is 0 Å². The molecule has 2 aliphatic rings. The third-order valence-corrected chi connectivity index (χ3v) is 5.57. The van der Waals surface area contributed by atoms with Gasteiger partial charge in [-0.05, 0) is 40.1 Å². The molecule has 1 aromatic heterocycles. The lowest BCUT2D eigenvalue weighted by atomic mass is 10.1. The summed E-state index contributed by atoms with van der Waals surface area (Å²) in [5, 5.41) is 7.35. The lowest BCUT2D eigenvalue weighted by Crippen LogP contribution is -2.36. The molecular weight excluding hydrogens is 326 g/mol. The zero-order valence-electron chi connectivity index (χ0n) is 13.7. The highest BCUT2D eigenvalue weighted by molar-refractivity contribution is 8.16. The fourth-order valence-corrected chi connectivity index (χ4v) is 4.45. The first-order chi connectivity index (χ1) is 11.1. The predicted octanol–water partition coefficient (Wildman–Crippen LogP) is 3.77. The van der Waals surface area contributed by atoms with Crippen molar-refractivity contribution in [1.82, 2.24) is 9.80 Å². The van der Waals surface area contributed by atoms with Crippen molar-refractivity contribution in [1.29, 1.82) is 0 Å². The summed E-state index contributed by atoms with van der Waals surface area (Å²) in [7, 11) is 0. The molecule has 0 spiro atoms. The highest BCUT2D eigenvalue weighted by Gasteiger charge is 2.27. The molecule has 0 radical (unpaired) electrons. The Morgan fingerprint density at radius 2 is 2.35 bits per heavy atom. The van der Waals surface area contributed by atoms with Crippen LogP contribution in [-0.2, 0) is 11.3 Å². The molecule has 1 amide bonds. The molecule has 23 heavy (non-hydrogen) atoms. The highest BCUT2D eigenvalue weighted by atomic mass is 32.2. The SMILES string of the molecule is CC(C)CN(Cc1ccsc1)C(=O)CC1=CSC2=NCCCN12. The van der Waals surface area contributed by atoms with Crippen LogP contribution in [0.1, 0.15) is 32.3 Å². The van der Waals surface area contributed by atoms with Gasteiger partial charge in [-0.15, -0.1) is 0 Å². The standard InChI is InChI=1S/C17H23N3OS2/c1-13(2)9-19(10-14-4-7-22-11-14)16(21)8-15-12-23-17-18-5-3-6-20(15)17/h4,7,11-13H,3,5-6,8-10H2,1-2H3. The summed E-state index contributed by atoms with van der Waals surface area (Å²) in [6.45, 7) is 7.73. The molecule has 6 heteroatoms. The molecule has 4 nitrogen and oxygen atoms in total. The lowest BCUT2D eigenvalue weighted by molar-refractivity contribution is -0.131. The number of carbonyl (C=O) groups excluding carboxylic acids is 1. The molecule has 1 aromatic rings. The Morgan fingerprint density at radius 1 is 1.48 bits per heavy atom. The van der Waals surface area contributed by atoms with Crippen LogP contribution in [0.3, 0.4) is 0 Å². The molecule has 0 saturated heterocycles. The van der Waals surface area contributed by atoms with E-state index in [0.29, 0.717) is 18.9 Å². The molecule has 0 aromatic carbocycles. The Balaban J connectivity index is 1.66. The summed E-state index contributed by atoms with van der Waals surface area (Å²) >= 11 is 3.34. The molecule has 2 aliphatic heterocycles. The molecule has 0 fully saturated rings. The van der Waals surface area contributed by atoms with Gasteiger partial charge in [0.1, 0.15) is 0 Å². The van der Waals surface area contributed by atoms with Gasteiger partial charge >= 0.3 is 0 Å². The van der Waals surface area contributed by atoms with Crippen molar-refractivity contribution in [2.24, 2.45) is 10.9 Å². The van der Waals surface area contributed by atoms with Crippen LogP contribution >= 0.6 is 23.1 Å². The van der Waals surface area contributed by atoms with Crippen molar-refractivity contribution in [2.75, 3.05) is 19.6 Å². The summed E-state index contributed by atoms with van der Waals surface area (Å²) in [4.78, 5) is 21.6. The summed E-state index contributed by atoms with van der Waals surface area (Å²) < 4.78 is 0. The maximum absolute atomic E-state index is 12.8. The Morgan fingerprint density at radius 3 is 3.09 bits per heavy atom. The normalized spacial score (nSPS) is 17.1. The van der Waals surface area contributed by atoms with Gasteiger partial charge in [-0.1, -0.05) is 25.6 Å². The van der Waals surface area contributed by atoms with E-state index in [4.69, 9.17) is 0 Å². The summed E-state index contributed by atoms with van der Waals surface area (Å²) in [6.07, 6.45) is 1.54. The van der Waals surface area contributed by atoms with Gasteiger partial charge in [0.25, 0.3) is 0 Å². The predicted molar refractivity (Wildman–Crippen MR) is 98.5 cm³/mol. The number of thioether (sulfide) groups is 1. The number of thiophene rings is 1. The molecular formula is C17H23N3OS2. The second-order valence-corrected chi connectivity index (χ2v) is 7.99. The Kier molecular flexibility index (Phi) is 5.43. The number of fused-ring (bicyclic) bond motifs is 1. The minimum atomic E-state index is 0.212. The van der Waals surface area contributed by atoms with Gasteiger partial charge < -0.3 is 9.80 Å². The molecule has 0 saturated carbocycles. The largest absolute Gasteiger partial charge is 0.338 e. The van der Waals surface area contributed by atoms with Crippen LogP contribution in [-0.4, -0.2) is 40.5 Å². The van der Waals surface area contributed by atoms with Crippen LogP contribution in [0.25, 0.3) is 0 Å². The van der Waals surface area contributed by atoms with Crippen molar-refractivity contribution in [2.45, 2.75) is 33.2 Å². The van der Waals surface area contributed by atoms with E-state index in [1.54, 1.807) is 23.1 Å². The van der Waals surface area contributed by atoms with Crippen LogP contribution < -0.4 is 0 Å². The van der Waals surface area contributed by atoms with E-state index in [2.05, 4.69) is 46.0 Å². The van der Waals surface area contributed by atoms with Crippen molar-refractivity contribution < 1.29 is 4.79 Å². The zero-order valence-corrected chi connectivity index (χ0v) is 15.3. The van der Waals surface area contributed by atoms with E-state index in [9.17, 15) is 4.79 Å². The third kappa shape index (κ3) is 4.18. The fourth-order valence-electron chi connectivity index (χ4n) is 2.84. The van der Waals surface area contributed by atoms with E-state index in [-0.39, 0.29) is 5.91 Å². The van der Waals surface area contributed by atoms with E-state index in [0.717, 1.165) is 36.9 Å². The zero-order chi connectivity index (χ0) is 16.2. The number of nitrogens with zero attached hydrogens (tertiary/aromatic N) is 3. The average Bonchev–Trinajstić information content (AvgIpc) is 3.16. The maximum atomic E-state index is 12.8. The Labute approximate surface area is 146 Å². The monoisotopic (exact) mass is 349 g/mol. The van der Waals surface area contributed by atoms with Crippen LogP contribution in [0.5, 0.6) is 0 Å². The van der Waals surface area contributed by atoms with Crippen LogP contribution in [0.2, 0.25) is 0 Å². The number of hydrogen-bond acceptors (Lipinski definition) is 5. The van der Waals surface area contributed by atoms with Crippen LogP contribution in [0.15, 0.2) is 32.9 Å². The van der Waals surface area contributed by atoms with Gasteiger partial charge in [0, 0.05) is 31.9 Å². The molecule has 0 unspecified atom stereocenters. The van der Waals surface area contributed by atoms with Gasteiger partial charge in [0.15, 0.2) is 5.17 Å². The number of carbonyl (C=O) groups is 1. The number of aliphatic imine (C=N–C) groups is 1. The van der Waals surface area contributed by atoms with Crippen LogP contribution in [0, 0.1) is 5.92 Å². The topological polar surface area (TPSA) is 35.9 Å². The summed E-state index contributed by atoms with van der Waals surface area (Å²) in [5.41, 5.74) is 2.33. The van der Waals surface area contributed by atoms with Crippen molar-refractivity contribution >= 4 is 34.2 Å². The number of amides is 1. The molecule has 0 aliphatic carbocycles. The van der Waals surface area contributed by atoms with E-state index >= 15 is 0 Å². The number of hydrogen-bond donors (Lipinski definition) is 0. The smallest absolute Gasteiger partial charge is 0.228 e. The molecule has 0 N–H and O–H groups in total. The lowest BCUT2D eigenvalue weighted by Gasteiger charge is -2.28. The van der Waals surface area contributed by atoms with Crippen LogP contribution in [0.4, 0.5) is 0 Å². The number of rotatable bonds is 6. The minimum Gasteiger partial charge on any atom is -0.338 e. The second kappa shape index (κ2) is 7.53. The first-order valence-electron chi connectivity index (χ1n) is 8.10. The molecule has 3 heterocycles. The quantitative estimate of drug-likeness (QED) is 0.784. The van der Waals surface area contributed by atoms with Gasteiger partial charge in [0.2, 0.25) is 5.91 Å². The molecule has 3 rings (SSSR count). The fraction of sp³-hybridized carbons (Fsp3) is 0.529. The summed E-state index contributed by atoms with van der Waals surface area (Å²) in [5.74, 6) is 0.681. The van der Waals surface area contributed by atoms with Gasteiger partial charge in [-0.3, -0.25) is 9.79 Å². The van der Waals surface area contributed by atoms with Gasteiger partial charge in [-0.2, -0.15) is 11.3 Å². The second-order valence-electron chi connectivity index (χ2n) is 6.37. The first-order valence-corrected chi connectivity index (χ1v) is 9.92. The highest BCUT2D eigenvalue weighted by Crippen LogP contribution is 2.31. The Hall–Kier alpha value is -1.27. The first kappa shape index (κ1) is 16.6. The Bertz CT molecular complexity index is 607. The van der Waals surface area contributed by atoms with Crippen molar-refractivity contribution in [3.05, 3.63) is 33.5 Å². The van der Waals surface area contributed by atoms with Crippen molar-refractivity contribution in [3.63, 3.8) is 0 Å². The van der Waals surface area contributed by atoms with Gasteiger partial charge in [0.05, 0.1) is 6.42 Å². The summed E-state index contributed by atoms with van der Waals surface area (Å²) in [6, 6.07) is 2.10. The molecule has 0 atom stereocenters. The molecule has 124 valence electrons. The third-order valence-electron chi connectivity index (χ3n) is 3.89. The van der Waals surface area contributed by atoms with E-state index in [1.807, 2.05) is 4.90 Å². The maximum Gasteiger partial charge on any atom is 0.228 e. The van der Waals surface area contributed by atoms with Gasteiger partial charge in [-0.25, -0.2) is 0 Å². The number of amidine groups is 1. The minimum absolute atomic E-state index is 0.212. The average molecular weight is 350 g/mol. The van der Waals surface area contributed by atoms with Crippen molar-refractivity contribution in [3.8, 4) is 0 Å².